The number of nitrogens with zero attached hydrogens (tertiary/aromatic N) is 3. The first-order valence-corrected chi connectivity index (χ1v) is 13.3. The smallest absolute Gasteiger partial charge is 0.238 e. The number of carbonyl (C=O) groups is 1. The molecule has 170 valence electrons. The van der Waals surface area contributed by atoms with Crippen LogP contribution in [0.15, 0.2) is 82.2 Å². The summed E-state index contributed by atoms with van der Waals surface area (Å²) in [5, 5.41) is 19.3. The van der Waals surface area contributed by atoms with Crippen molar-refractivity contribution in [1.82, 2.24) is 20.1 Å². The summed E-state index contributed by atoms with van der Waals surface area (Å²) in [5.74, 6) is 0.695. The van der Waals surface area contributed by atoms with Crippen LogP contribution in [0.4, 0.5) is 0 Å². The zero-order chi connectivity index (χ0) is 23.4. The third-order valence-corrected chi connectivity index (χ3v) is 7.53. The minimum Gasteiger partial charge on any atom is -0.349 e. The van der Waals surface area contributed by atoms with E-state index in [9.17, 15) is 13.2 Å². The summed E-state index contributed by atoms with van der Waals surface area (Å²) in [4.78, 5) is 13.6. The molecule has 0 spiro atoms. The summed E-state index contributed by atoms with van der Waals surface area (Å²) < 4.78 is 24.8. The van der Waals surface area contributed by atoms with Crippen molar-refractivity contribution in [2.24, 2.45) is 5.14 Å². The van der Waals surface area contributed by atoms with Crippen molar-refractivity contribution in [3.05, 3.63) is 77.7 Å². The molecule has 8 nitrogen and oxygen atoms in total. The van der Waals surface area contributed by atoms with Crippen molar-refractivity contribution in [3.8, 4) is 16.4 Å². The van der Waals surface area contributed by atoms with Gasteiger partial charge in [-0.2, -0.15) is 0 Å². The fraction of sp³-hybridized carbons (Fsp3) is 0.136. The maximum Gasteiger partial charge on any atom is 0.238 e. The van der Waals surface area contributed by atoms with Gasteiger partial charge in [-0.3, -0.25) is 9.36 Å². The number of sulfonamides is 1. The van der Waals surface area contributed by atoms with Crippen LogP contribution in [-0.2, 0) is 14.8 Å². The number of amides is 1. The van der Waals surface area contributed by atoms with Crippen molar-refractivity contribution < 1.29 is 13.2 Å². The first-order chi connectivity index (χ1) is 15.8. The number of hydrogen-bond acceptors (Lipinski definition) is 7. The average Bonchev–Trinajstić information content (AvgIpc) is 3.47. The molecule has 4 rings (SSSR count). The SMILES string of the molecule is C[C@H](NC(=O)CSc1nnc(-c2cccs2)n1-c1ccccc1)c1ccc(S(N)(=O)=O)cc1. The number of carbonyl (C=O) groups excluding carboxylic acids is 1. The maximum atomic E-state index is 12.6. The predicted molar refractivity (Wildman–Crippen MR) is 130 cm³/mol. The molecule has 33 heavy (non-hydrogen) atoms. The highest BCUT2D eigenvalue weighted by molar-refractivity contribution is 7.99. The molecule has 0 aliphatic heterocycles. The van der Waals surface area contributed by atoms with Gasteiger partial charge in [0.15, 0.2) is 11.0 Å². The Bertz CT molecular complexity index is 1340. The van der Waals surface area contributed by atoms with Crippen LogP contribution in [0.5, 0.6) is 0 Å². The third-order valence-electron chi connectivity index (χ3n) is 4.81. The van der Waals surface area contributed by atoms with Crippen LogP contribution >= 0.6 is 23.1 Å². The zero-order valence-corrected chi connectivity index (χ0v) is 20.0. The Kier molecular flexibility index (Phi) is 6.94. The molecule has 4 aromatic rings. The lowest BCUT2D eigenvalue weighted by atomic mass is 10.1. The van der Waals surface area contributed by atoms with Crippen LogP contribution < -0.4 is 10.5 Å². The summed E-state index contributed by atoms with van der Waals surface area (Å²) in [6.07, 6.45) is 0. The van der Waals surface area contributed by atoms with Gasteiger partial charge in [-0.15, -0.1) is 21.5 Å². The molecule has 2 aromatic carbocycles. The molecule has 0 fully saturated rings. The summed E-state index contributed by atoms with van der Waals surface area (Å²) in [7, 11) is -3.75. The minimum absolute atomic E-state index is 0.0297. The molecule has 2 heterocycles. The number of nitrogens with one attached hydrogen (secondary N) is 1. The number of hydrogen-bond donors (Lipinski definition) is 2. The van der Waals surface area contributed by atoms with E-state index in [0.717, 1.165) is 22.0 Å². The van der Waals surface area contributed by atoms with Gasteiger partial charge in [-0.1, -0.05) is 48.2 Å². The Morgan fingerprint density at radius 2 is 1.82 bits per heavy atom. The molecule has 2 aromatic heterocycles. The molecule has 0 bridgehead atoms. The Balaban J connectivity index is 1.46. The molecule has 0 unspecified atom stereocenters. The lowest BCUT2D eigenvalue weighted by Gasteiger charge is -2.15. The molecule has 1 atom stereocenters. The normalized spacial score (nSPS) is 12.4. The fourth-order valence-corrected chi connectivity index (χ4v) is 5.16. The number of aromatic nitrogens is 3. The van der Waals surface area contributed by atoms with E-state index in [1.54, 1.807) is 23.5 Å². The molecule has 3 N–H and O–H groups in total. The average molecular weight is 500 g/mol. The van der Waals surface area contributed by atoms with Gasteiger partial charge in [0, 0.05) is 5.69 Å². The topological polar surface area (TPSA) is 120 Å². The predicted octanol–water partition coefficient (Wildman–Crippen LogP) is 3.61. The molecular formula is C22H21N5O3S3. The molecule has 0 aliphatic rings. The second-order valence-corrected chi connectivity index (χ2v) is 10.6. The lowest BCUT2D eigenvalue weighted by molar-refractivity contribution is -0.119. The van der Waals surface area contributed by atoms with Crippen LogP contribution in [0.25, 0.3) is 16.4 Å². The highest BCUT2D eigenvalue weighted by Crippen LogP contribution is 2.30. The van der Waals surface area contributed by atoms with Gasteiger partial charge in [-0.25, -0.2) is 13.6 Å². The number of primary sulfonamides is 1. The molecule has 0 aliphatic carbocycles. The fourth-order valence-electron chi connectivity index (χ4n) is 3.18. The van der Waals surface area contributed by atoms with Gasteiger partial charge in [0.2, 0.25) is 15.9 Å². The second kappa shape index (κ2) is 9.87. The molecule has 11 heteroatoms. The van der Waals surface area contributed by atoms with Crippen LogP contribution in [0.1, 0.15) is 18.5 Å². The Morgan fingerprint density at radius 1 is 1.09 bits per heavy atom. The van der Waals surface area contributed by atoms with Gasteiger partial charge in [0.05, 0.1) is 21.6 Å². The first-order valence-electron chi connectivity index (χ1n) is 9.92. The van der Waals surface area contributed by atoms with Gasteiger partial charge in [-0.05, 0) is 48.2 Å². The van der Waals surface area contributed by atoms with Crippen molar-refractivity contribution in [1.29, 1.82) is 0 Å². The highest BCUT2D eigenvalue weighted by Gasteiger charge is 2.18. The van der Waals surface area contributed by atoms with Crippen LogP contribution in [0.2, 0.25) is 0 Å². The summed E-state index contributed by atoms with van der Waals surface area (Å²) >= 11 is 2.87. The standard InChI is InChI=1S/C22H21N5O3S3/c1-15(16-9-11-18(12-10-16)33(23,29)30)24-20(28)14-32-22-26-25-21(19-8-5-13-31-19)27(22)17-6-3-2-4-7-17/h2-13,15H,14H2,1H3,(H,24,28)(H2,23,29,30)/t15-/m0/s1. The van der Waals surface area contributed by atoms with Crippen LogP contribution in [-0.4, -0.2) is 34.8 Å². The number of benzene rings is 2. The van der Waals surface area contributed by atoms with E-state index >= 15 is 0 Å². The number of thiophene rings is 1. The van der Waals surface area contributed by atoms with Gasteiger partial charge >= 0.3 is 0 Å². The number of rotatable bonds is 8. The Labute approximate surface area is 199 Å². The van der Waals surface area contributed by atoms with Gasteiger partial charge in [0.25, 0.3) is 0 Å². The van der Waals surface area contributed by atoms with E-state index in [4.69, 9.17) is 5.14 Å². The minimum atomic E-state index is -3.75. The summed E-state index contributed by atoms with van der Waals surface area (Å²) in [6.45, 7) is 1.83. The Hall–Kier alpha value is -2.99. The maximum absolute atomic E-state index is 12.6. The third kappa shape index (κ3) is 5.50. The molecule has 0 radical (unpaired) electrons. The van der Waals surface area contributed by atoms with Gasteiger partial charge < -0.3 is 5.32 Å². The largest absolute Gasteiger partial charge is 0.349 e. The number of thioether (sulfide) groups is 1. The Morgan fingerprint density at radius 3 is 2.45 bits per heavy atom. The van der Waals surface area contributed by atoms with E-state index in [1.165, 1.54) is 23.9 Å². The van der Waals surface area contributed by atoms with Gasteiger partial charge in [0.1, 0.15) is 0 Å². The number of nitrogens with two attached hydrogens (primary N) is 1. The zero-order valence-electron chi connectivity index (χ0n) is 17.6. The van der Waals surface area contributed by atoms with Crippen molar-refractivity contribution >= 4 is 39.0 Å². The molecule has 0 saturated carbocycles. The van der Waals surface area contributed by atoms with Crippen molar-refractivity contribution in [2.45, 2.75) is 23.0 Å². The summed E-state index contributed by atoms with van der Waals surface area (Å²) in [6, 6.07) is 19.5. The van der Waals surface area contributed by atoms with Crippen molar-refractivity contribution in [2.75, 3.05) is 5.75 Å². The van der Waals surface area contributed by atoms with Crippen LogP contribution in [0.3, 0.4) is 0 Å². The molecular weight excluding hydrogens is 478 g/mol. The quantitative estimate of drug-likeness (QED) is 0.357. The highest BCUT2D eigenvalue weighted by atomic mass is 32.2. The monoisotopic (exact) mass is 499 g/mol. The van der Waals surface area contributed by atoms with Crippen molar-refractivity contribution in [3.63, 3.8) is 0 Å². The molecule has 0 saturated heterocycles. The van der Waals surface area contributed by atoms with E-state index in [1.807, 2.05) is 59.3 Å². The number of para-hydroxylation sites is 1. The second-order valence-electron chi connectivity index (χ2n) is 7.15. The lowest BCUT2D eigenvalue weighted by Crippen LogP contribution is -2.28. The van der Waals surface area contributed by atoms with Crippen LogP contribution in [0, 0.1) is 0 Å². The van der Waals surface area contributed by atoms with E-state index in [-0.39, 0.29) is 22.6 Å². The first kappa shape index (κ1) is 23.2. The van der Waals surface area contributed by atoms with E-state index < -0.39 is 10.0 Å². The molecule has 1 amide bonds. The van der Waals surface area contributed by atoms with E-state index in [0.29, 0.717) is 5.16 Å². The summed E-state index contributed by atoms with van der Waals surface area (Å²) in [5.41, 5.74) is 1.69. The van der Waals surface area contributed by atoms with E-state index in [2.05, 4.69) is 15.5 Å².